The van der Waals surface area contributed by atoms with Crippen LogP contribution in [-0.2, 0) is 10.1 Å². The third-order valence-corrected chi connectivity index (χ3v) is 3.78. The van der Waals surface area contributed by atoms with Crippen LogP contribution < -0.4 is 0 Å². The molecule has 4 nitrogen and oxygen atoms in total. The van der Waals surface area contributed by atoms with Crippen molar-refractivity contribution in [3.05, 3.63) is 59.6 Å². The minimum absolute atomic E-state index is 0.758. The number of H-pyrrole nitrogens is 1. The quantitative estimate of drug-likeness (QED) is 0.469. The van der Waals surface area contributed by atoms with E-state index in [0.717, 1.165) is 16.2 Å². The molecule has 0 aliphatic heterocycles. The van der Waals surface area contributed by atoms with Crippen molar-refractivity contribution in [3.63, 3.8) is 0 Å². The fourth-order valence-corrected chi connectivity index (χ4v) is 2.04. The second kappa shape index (κ2) is 6.84. The van der Waals surface area contributed by atoms with Crippen LogP contribution >= 0.6 is 11.6 Å². The first-order chi connectivity index (χ1) is 11.1. The van der Waals surface area contributed by atoms with E-state index in [1.54, 1.807) is 0 Å². The highest BCUT2D eigenvalue weighted by atomic mass is 35.5. The predicted molar refractivity (Wildman–Crippen MR) is 86.3 cm³/mol. The largest absolute Gasteiger partial charge is 0.522 e. The molecule has 3 aromatic rings. The summed E-state index contributed by atoms with van der Waals surface area (Å²) >= 11 is 5.95. The minimum atomic E-state index is -5.84. The van der Waals surface area contributed by atoms with Crippen LogP contribution in [0.25, 0.3) is 22.2 Å². The van der Waals surface area contributed by atoms with Crippen LogP contribution in [0, 0.1) is 0 Å². The lowest BCUT2D eigenvalue weighted by Gasteiger charge is -1.97. The monoisotopic (exact) mass is 377 g/mol. The Morgan fingerprint density at radius 3 is 2.12 bits per heavy atom. The summed E-state index contributed by atoms with van der Waals surface area (Å²) in [5.41, 5.74) is -2.15. The van der Waals surface area contributed by atoms with Crippen molar-refractivity contribution in [1.82, 2.24) is 4.98 Å². The molecule has 1 heterocycles. The number of rotatable bonds is 1. The topological polar surface area (TPSA) is 70.2 Å². The molecule has 1 aromatic heterocycles. The Morgan fingerprint density at radius 1 is 1.00 bits per heavy atom. The van der Waals surface area contributed by atoms with Gasteiger partial charge in [0.2, 0.25) is 0 Å². The van der Waals surface area contributed by atoms with Crippen LogP contribution in [-0.4, -0.2) is 23.5 Å². The Balaban J connectivity index is 0.000000224. The third-order valence-electron chi connectivity index (χ3n) is 2.96. The highest BCUT2D eigenvalue weighted by molar-refractivity contribution is 7.86. The van der Waals surface area contributed by atoms with E-state index in [0.29, 0.717) is 0 Å². The van der Waals surface area contributed by atoms with E-state index in [4.69, 9.17) is 24.6 Å². The van der Waals surface area contributed by atoms with Crippen LogP contribution in [0.4, 0.5) is 13.2 Å². The first kappa shape index (κ1) is 18.3. The van der Waals surface area contributed by atoms with E-state index in [9.17, 15) is 13.2 Å². The molecule has 0 radical (unpaired) electrons. The van der Waals surface area contributed by atoms with E-state index in [1.165, 1.54) is 10.9 Å². The molecule has 0 spiro atoms. The Kier molecular flexibility index (Phi) is 5.22. The number of aromatic nitrogens is 1. The van der Waals surface area contributed by atoms with Crippen LogP contribution in [0.15, 0.2) is 54.6 Å². The van der Waals surface area contributed by atoms with Gasteiger partial charge in [-0.15, -0.1) is 0 Å². The molecule has 3 rings (SSSR count). The number of hydrogen-bond donors (Lipinski definition) is 2. The number of fused-ring (bicyclic) bond motifs is 1. The van der Waals surface area contributed by atoms with Crippen LogP contribution in [0.5, 0.6) is 0 Å². The van der Waals surface area contributed by atoms with Crippen LogP contribution in [0.3, 0.4) is 0 Å². The standard InChI is InChI=1S/C14H10ClN.CHF3O3S/c15-12-7-6-11-8-13(16-14(11)9-12)10-4-2-1-3-5-10;2-1(3,4)8(5,6)7/h1-9,16H;(H,5,6,7). The summed E-state index contributed by atoms with van der Waals surface area (Å²) in [4.78, 5) is 3.37. The van der Waals surface area contributed by atoms with Gasteiger partial charge in [-0.1, -0.05) is 48.0 Å². The summed E-state index contributed by atoms with van der Waals surface area (Å²) < 4.78 is 57.5. The first-order valence-corrected chi connectivity index (χ1v) is 8.27. The van der Waals surface area contributed by atoms with Gasteiger partial charge in [-0.3, -0.25) is 4.55 Å². The van der Waals surface area contributed by atoms with Gasteiger partial charge in [0.25, 0.3) is 0 Å². The lowest BCUT2D eigenvalue weighted by atomic mass is 10.1. The van der Waals surface area contributed by atoms with Crippen molar-refractivity contribution in [2.75, 3.05) is 0 Å². The molecule has 0 saturated carbocycles. The second-order valence-corrected chi connectivity index (χ2v) is 6.55. The highest BCUT2D eigenvalue weighted by Gasteiger charge is 2.44. The van der Waals surface area contributed by atoms with E-state index in [2.05, 4.69) is 23.2 Å². The Hall–Kier alpha value is -2.03. The zero-order chi connectivity index (χ0) is 18.0. The first-order valence-electron chi connectivity index (χ1n) is 6.45. The minimum Gasteiger partial charge on any atom is -0.354 e. The van der Waals surface area contributed by atoms with E-state index >= 15 is 0 Å². The molecule has 0 amide bonds. The van der Waals surface area contributed by atoms with Gasteiger partial charge in [0.15, 0.2) is 0 Å². The van der Waals surface area contributed by atoms with E-state index < -0.39 is 15.6 Å². The molecule has 0 fully saturated rings. The Labute approximate surface area is 140 Å². The normalized spacial score (nSPS) is 11.9. The average Bonchev–Trinajstić information content (AvgIpc) is 2.90. The fraction of sp³-hybridized carbons (Fsp3) is 0.0667. The van der Waals surface area contributed by atoms with E-state index in [-0.39, 0.29) is 0 Å². The predicted octanol–water partition coefficient (Wildman–Crippen LogP) is 4.88. The smallest absolute Gasteiger partial charge is 0.354 e. The molecular weight excluding hydrogens is 367 g/mol. The summed E-state index contributed by atoms with van der Waals surface area (Å²) in [6, 6.07) is 18.3. The number of alkyl halides is 3. The number of nitrogens with one attached hydrogen (secondary N) is 1. The zero-order valence-electron chi connectivity index (χ0n) is 11.9. The molecular formula is C15H11ClF3NO3S. The number of benzene rings is 2. The van der Waals surface area contributed by atoms with Crippen LogP contribution in [0.2, 0.25) is 5.02 Å². The summed E-state index contributed by atoms with van der Waals surface area (Å²) in [5, 5.41) is 1.94. The van der Waals surface area contributed by atoms with Gasteiger partial charge in [-0.25, -0.2) is 0 Å². The third kappa shape index (κ3) is 4.50. The molecule has 0 aliphatic carbocycles. The maximum Gasteiger partial charge on any atom is 0.522 e. The number of hydrogen-bond acceptors (Lipinski definition) is 2. The van der Waals surface area contributed by atoms with Gasteiger partial charge in [-0.05, 0) is 23.8 Å². The van der Waals surface area contributed by atoms with E-state index in [1.807, 2.05) is 36.4 Å². The number of aromatic amines is 1. The number of halogens is 4. The Morgan fingerprint density at radius 2 is 1.58 bits per heavy atom. The molecule has 2 aromatic carbocycles. The SMILES string of the molecule is Clc1ccc2cc(-c3ccccc3)[nH]c2c1.O=S(=O)(O)C(F)(F)F. The lowest BCUT2D eigenvalue weighted by molar-refractivity contribution is -0.0510. The molecule has 0 saturated heterocycles. The summed E-state index contributed by atoms with van der Waals surface area (Å²) in [6.07, 6.45) is 0. The van der Waals surface area contributed by atoms with Crippen molar-refractivity contribution in [2.24, 2.45) is 0 Å². The van der Waals surface area contributed by atoms with Gasteiger partial charge >= 0.3 is 15.6 Å². The molecule has 0 atom stereocenters. The van der Waals surface area contributed by atoms with Gasteiger partial charge < -0.3 is 4.98 Å². The van der Waals surface area contributed by atoms with Gasteiger partial charge in [-0.2, -0.15) is 21.6 Å². The van der Waals surface area contributed by atoms with Gasteiger partial charge in [0, 0.05) is 21.6 Å². The van der Waals surface area contributed by atoms with Crippen molar-refractivity contribution >= 4 is 32.6 Å². The Bertz CT molecular complexity index is 938. The summed E-state index contributed by atoms with van der Waals surface area (Å²) in [6.45, 7) is 0. The molecule has 0 bridgehead atoms. The fourth-order valence-electron chi connectivity index (χ4n) is 1.87. The molecule has 128 valence electrons. The van der Waals surface area contributed by atoms with Gasteiger partial charge in [0.05, 0.1) is 0 Å². The van der Waals surface area contributed by atoms with Crippen molar-refractivity contribution in [2.45, 2.75) is 5.51 Å². The van der Waals surface area contributed by atoms with Crippen LogP contribution in [0.1, 0.15) is 0 Å². The maximum atomic E-state index is 10.7. The molecule has 24 heavy (non-hydrogen) atoms. The lowest BCUT2D eigenvalue weighted by Crippen LogP contribution is -2.21. The maximum absolute atomic E-state index is 10.7. The van der Waals surface area contributed by atoms with Gasteiger partial charge in [0.1, 0.15) is 0 Å². The molecule has 2 N–H and O–H groups in total. The zero-order valence-corrected chi connectivity index (χ0v) is 13.5. The summed E-state index contributed by atoms with van der Waals surface area (Å²) in [7, 11) is -5.84. The van der Waals surface area contributed by atoms with Crippen molar-refractivity contribution < 1.29 is 26.1 Å². The summed E-state index contributed by atoms with van der Waals surface area (Å²) in [5.74, 6) is 0. The molecule has 0 unspecified atom stereocenters. The van der Waals surface area contributed by atoms with Crippen molar-refractivity contribution in [1.29, 1.82) is 0 Å². The highest BCUT2D eigenvalue weighted by Crippen LogP contribution is 2.25. The second-order valence-electron chi connectivity index (χ2n) is 4.70. The molecule has 9 heteroatoms. The average molecular weight is 378 g/mol. The molecule has 0 aliphatic rings. The van der Waals surface area contributed by atoms with Crippen molar-refractivity contribution in [3.8, 4) is 11.3 Å².